The summed E-state index contributed by atoms with van der Waals surface area (Å²) in [6.45, 7) is 8.41. The minimum Gasteiger partial charge on any atom is -0.360 e. The molecular weight excluding hydrogens is 398 g/mol. The van der Waals surface area contributed by atoms with Crippen LogP contribution in [0.3, 0.4) is 0 Å². The first kappa shape index (κ1) is 20.9. The fraction of sp³-hybridized carbons (Fsp3) is 0.474. The lowest BCUT2D eigenvalue weighted by molar-refractivity contribution is -0.131. The van der Waals surface area contributed by atoms with Crippen molar-refractivity contribution in [3.8, 4) is 0 Å². The van der Waals surface area contributed by atoms with Crippen molar-refractivity contribution in [2.24, 2.45) is 0 Å². The standard InChI is InChI=1S/C19H25N3O4S2/c1-13-5-7-17(8-6-13)27-16(4)19(23)21-9-11-22(12-10-21)28(24,25)18-14(2)20-26-15(18)3/h5-8,16H,9-12H2,1-4H3/t16-/m1/s1. The Morgan fingerprint density at radius 3 is 2.25 bits per heavy atom. The van der Waals surface area contributed by atoms with Gasteiger partial charge in [-0.1, -0.05) is 22.9 Å². The van der Waals surface area contributed by atoms with Crippen LogP contribution in [0.15, 0.2) is 38.6 Å². The van der Waals surface area contributed by atoms with E-state index in [0.717, 1.165) is 4.90 Å². The number of amides is 1. The molecule has 7 nitrogen and oxygen atoms in total. The predicted octanol–water partition coefficient (Wildman–Crippen LogP) is 2.61. The van der Waals surface area contributed by atoms with Crippen LogP contribution in [0.5, 0.6) is 0 Å². The van der Waals surface area contributed by atoms with Gasteiger partial charge < -0.3 is 9.42 Å². The molecule has 0 saturated carbocycles. The van der Waals surface area contributed by atoms with Crippen molar-refractivity contribution >= 4 is 27.7 Å². The molecule has 0 aliphatic carbocycles. The fourth-order valence-electron chi connectivity index (χ4n) is 3.25. The van der Waals surface area contributed by atoms with Gasteiger partial charge in [-0.15, -0.1) is 11.8 Å². The van der Waals surface area contributed by atoms with E-state index in [1.165, 1.54) is 21.6 Å². The van der Waals surface area contributed by atoms with Gasteiger partial charge in [-0.05, 0) is 39.8 Å². The van der Waals surface area contributed by atoms with Crippen molar-refractivity contribution in [3.63, 3.8) is 0 Å². The van der Waals surface area contributed by atoms with Crippen LogP contribution in [0.1, 0.15) is 23.9 Å². The highest BCUT2D eigenvalue weighted by Gasteiger charge is 2.35. The molecule has 0 unspecified atom stereocenters. The van der Waals surface area contributed by atoms with Crippen LogP contribution >= 0.6 is 11.8 Å². The Bertz CT molecular complexity index is 927. The largest absolute Gasteiger partial charge is 0.360 e. The molecule has 9 heteroatoms. The van der Waals surface area contributed by atoms with Gasteiger partial charge in [0.25, 0.3) is 0 Å². The average molecular weight is 424 g/mol. The van der Waals surface area contributed by atoms with Gasteiger partial charge in [0.2, 0.25) is 15.9 Å². The molecule has 1 aromatic heterocycles. The van der Waals surface area contributed by atoms with E-state index >= 15 is 0 Å². The van der Waals surface area contributed by atoms with E-state index < -0.39 is 10.0 Å². The molecule has 1 amide bonds. The summed E-state index contributed by atoms with van der Waals surface area (Å²) in [4.78, 5) is 15.7. The third-order valence-electron chi connectivity index (χ3n) is 4.80. The van der Waals surface area contributed by atoms with Crippen LogP contribution in [0, 0.1) is 20.8 Å². The quantitative estimate of drug-likeness (QED) is 0.688. The lowest BCUT2D eigenvalue weighted by atomic mass is 10.2. The van der Waals surface area contributed by atoms with E-state index in [0.29, 0.717) is 24.5 Å². The monoisotopic (exact) mass is 423 g/mol. The minimum absolute atomic E-state index is 0.0277. The van der Waals surface area contributed by atoms with Crippen molar-refractivity contribution in [1.82, 2.24) is 14.4 Å². The van der Waals surface area contributed by atoms with Crippen molar-refractivity contribution in [2.45, 2.75) is 42.7 Å². The number of piperazine rings is 1. The molecule has 2 heterocycles. The molecule has 28 heavy (non-hydrogen) atoms. The Labute approximate surface area is 170 Å². The second-order valence-corrected chi connectivity index (χ2v) is 10.2. The third kappa shape index (κ3) is 4.26. The van der Waals surface area contributed by atoms with E-state index in [1.807, 2.05) is 38.1 Å². The number of benzene rings is 1. The summed E-state index contributed by atoms with van der Waals surface area (Å²) in [5.41, 5.74) is 1.54. The SMILES string of the molecule is Cc1ccc(S[C@H](C)C(=O)N2CCN(S(=O)(=O)c3c(C)noc3C)CC2)cc1. The maximum atomic E-state index is 12.9. The number of sulfonamides is 1. The molecule has 1 aliphatic heterocycles. The molecule has 0 N–H and O–H groups in total. The third-order valence-corrected chi connectivity index (χ3v) is 8.04. The highest BCUT2D eigenvalue weighted by atomic mass is 32.2. The van der Waals surface area contributed by atoms with Gasteiger partial charge in [0, 0.05) is 31.1 Å². The zero-order valence-corrected chi connectivity index (χ0v) is 18.1. The van der Waals surface area contributed by atoms with E-state index in [4.69, 9.17) is 4.52 Å². The maximum Gasteiger partial charge on any atom is 0.248 e. The smallest absolute Gasteiger partial charge is 0.248 e. The summed E-state index contributed by atoms with van der Waals surface area (Å²) in [5.74, 6) is 0.319. The van der Waals surface area contributed by atoms with Crippen molar-refractivity contribution in [1.29, 1.82) is 0 Å². The molecule has 1 fully saturated rings. The minimum atomic E-state index is -3.67. The highest BCUT2D eigenvalue weighted by Crippen LogP contribution is 2.27. The summed E-state index contributed by atoms with van der Waals surface area (Å²) in [6.07, 6.45) is 0. The normalized spacial score (nSPS) is 16.9. The lowest BCUT2D eigenvalue weighted by Gasteiger charge is -2.35. The number of rotatable bonds is 5. The Kier molecular flexibility index (Phi) is 6.16. The molecule has 1 aromatic carbocycles. The predicted molar refractivity (Wildman–Crippen MR) is 108 cm³/mol. The van der Waals surface area contributed by atoms with Crippen molar-refractivity contribution in [3.05, 3.63) is 41.3 Å². The maximum absolute atomic E-state index is 12.9. The number of hydrogen-bond acceptors (Lipinski definition) is 6. The number of thioether (sulfide) groups is 1. The van der Waals surface area contributed by atoms with Gasteiger partial charge in [-0.2, -0.15) is 4.31 Å². The molecule has 0 bridgehead atoms. The van der Waals surface area contributed by atoms with Crippen LogP contribution in [0.4, 0.5) is 0 Å². The molecule has 3 rings (SSSR count). The lowest BCUT2D eigenvalue weighted by Crippen LogP contribution is -2.52. The fourth-order valence-corrected chi connectivity index (χ4v) is 5.91. The van der Waals surface area contributed by atoms with Crippen LogP contribution in [-0.4, -0.2) is 60.1 Å². The van der Waals surface area contributed by atoms with Gasteiger partial charge in [0.15, 0.2) is 5.76 Å². The van der Waals surface area contributed by atoms with E-state index in [-0.39, 0.29) is 29.1 Å². The van der Waals surface area contributed by atoms with E-state index in [2.05, 4.69) is 5.16 Å². The summed E-state index contributed by atoms with van der Waals surface area (Å²) < 4.78 is 32.2. The summed E-state index contributed by atoms with van der Waals surface area (Å²) in [6, 6.07) is 8.07. The Morgan fingerprint density at radius 1 is 1.11 bits per heavy atom. The first-order valence-corrected chi connectivity index (χ1v) is 11.5. The van der Waals surface area contributed by atoms with Crippen LogP contribution < -0.4 is 0 Å². The molecule has 1 saturated heterocycles. The van der Waals surface area contributed by atoms with Gasteiger partial charge in [0.05, 0.1) is 5.25 Å². The Morgan fingerprint density at radius 2 is 1.71 bits per heavy atom. The summed E-state index contributed by atoms with van der Waals surface area (Å²) in [5, 5.41) is 3.51. The number of carbonyl (C=O) groups excluding carboxylic acids is 1. The highest BCUT2D eigenvalue weighted by molar-refractivity contribution is 8.00. The first-order chi connectivity index (χ1) is 13.2. The molecule has 2 aromatic rings. The zero-order chi connectivity index (χ0) is 20.5. The van der Waals surface area contributed by atoms with Crippen molar-refractivity contribution < 1.29 is 17.7 Å². The van der Waals surface area contributed by atoms with Gasteiger partial charge in [0.1, 0.15) is 10.6 Å². The number of aryl methyl sites for hydroxylation is 3. The topological polar surface area (TPSA) is 83.7 Å². The molecular formula is C19H25N3O4S2. The molecule has 1 aliphatic rings. The Hall–Kier alpha value is -1.84. The molecule has 152 valence electrons. The van der Waals surface area contributed by atoms with Gasteiger partial charge >= 0.3 is 0 Å². The summed E-state index contributed by atoms with van der Waals surface area (Å²) >= 11 is 1.52. The van der Waals surface area contributed by atoms with Crippen LogP contribution in [0.25, 0.3) is 0 Å². The number of carbonyl (C=O) groups is 1. The van der Waals surface area contributed by atoms with Gasteiger partial charge in [-0.25, -0.2) is 8.42 Å². The molecule has 0 radical (unpaired) electrons. The van der Waals surface area contributed by atoms with Crippen molar-refractivity contribution in [2.75, 3.05) is 26.2 Å². The second kappa shape index (κ2) is 8.26. The molecule has 1 atom stereocenters. The first-order valence-electron chi connectivity index (χ1n) is 9.15. The number of nitrogens with zero attached hydrogens (tertiary/aromatic N) is 3. The number of hydrogen-bond donors (Lipinski definition) is 0. The number of aromatic nitrogens is 1. The zero-order valence-electron chi connectivity index (χ0n) is 16.5. The van der Waals surface area contributed by atoms with E-state index in [9.17, 15) is 13.2 Å². The van der Waals surface area contributed by atoms with E-state index in [1.54, 1.807) is 18.7 Å². The second-order valence-electron chi connectivity index (χ2n) is 6.96. The average Bonchev–Trinajstić information content (AvgIpc) is 3.02. The van der Waals surface area contributed by atoms with Gasteiger partial charge in [-0.3, -0.25) is 4.79 Å². The molecule has 0 spiro atoms. The van der Waals surface area contributed by atoms with Crippen LogP contribution in [-0.2, 0) is 14.8 Å². The van der Waals surface area contributed by atoms with Crippen LogP contribution in [0.2, 0.25) is 0 Å². The Balaban J connectivity index is 1.61. The summed E-state index contributed by atoms with van der Waals surface area (Å²) in [7, 11) is -3.67.